The lowest BCUT2D eigenvalue weighted by molar-refractivity contribution is -0.336. The van der Waals surface area contributed by atoms with Crippen molar-refractivity contribution in [2.45, 2.75) is 172 Å². The van der Waals surface area contributed by atoms with Crippen LogP contribution < -0.4 is 0 Å². The molecule has 18 unspecified atom stereocenters. The molecule has 4 rings (SSSR count). The second-order valence-corrected chi connectivity index (χ2v) is 16.2. The Morgan fingerprint density at radius 3 is 2.25 bits per heavy atom. The highest BCUT2D eigenvalue weighted by atomic mass is 16.7. The van der Waals surface area contributed by atoms with Crippen molar-refractivity contribution in [1.29, 1.82) is 0 Å². The van der Waals surface area contributed by atoms with Gasteiger partial charge in [0.15, 0.2) is 5.79 Å². The largest absolute Gasteiger partial charge is 0.481 e. The summed E-state index contributed by atoms with van der Waals surface area (Å²) < 4.78 is 32.6. The van der Waals surface area contributed by atoms with Gasteiger partial charge in [-0.25, -0.2) is 0 Å². The van der Waals surface area contributed by atoms with Gasteiger partial charge in [-0.05, 0) is 70.6 Å². The zero-order valence-corrected chi connectivity index (χ0v) is 30.4. The van der Waals surface area contributed by atoms with E-state index in [0.29, 0.717) is 38.5 Å². The molecule has 4 heterocycles. The van der Waals surface area contributed by atoms with Gasteiger partial charge in [-0.3, -0.25) is 4.79 Å². The summed E-state index contributed by atoms with van der Waals surface area (Å²) in [6.07, 6.45) is -1.96. The Kier molecular flexibility index (Phi) is 12.7. The molecule has 4 fully saturated rings. The van der Waals surface area contributed by atoms with Gasteiger partial charge in [0.05, 0.1) is 73.1 Å². The minimum atomic E-state index is -1.08. The summed E-state index contributed by atoms with van der Waals surface area (Å²) in [5.74, 6) is -3.76. The van der Waals surface area contributed by atoms with E-state index in [-0.39, 0.29) is 48.7 Å². The fourth-order valence-electron chi connectivity index (χ4n) is 9.37. The van der Waals surface area contributed by atoms with Crippen LogP contribution in [0.15, 0.2) is 0 Å². The van der Waals surface area contributed by atoms with E-state index in [1.54, 1.807) is 13.8 Å². The van der Waals surface area contributed by atoms with Crippen molar-refractivity contribution < 1.29 is 59.1 Å². The van der Waals surface area contributed by atoms with Gasteiger partial charge in [-0.1, -0.05) is 34.6 Å². The fourth-order valence-corrected chi connectivity index (χ4v) is 9.37. The van der Waals surface area contributed by atoms with Crippen molar-refractivity contribution >= 4 is 5.97 Å². The Bertz CT molecular complexity index is 1080. The molecule has 0 aliphatic carbocycles. The zero-order chi connectivity index (χ0) is 35.9. The number of hydrogen-bond donors (Lipinski definition) is 6. The normalized spacial score (nSPS) is 43.8. The molecule has 0 aromatic heterocycles. The summed E-state index contributed by atoms with van der Waals surface area (Å²) in [5, 5.41) is 62.8. The topological polar surface area (TPSA) is 185 Å². The van der Waals surface area contributed by atoms with Crippen LogP contribution in [0.1, 0.15) is 100 Å². The molecule has 18 atom stereocenters. The third-order valence-electron chi connectivity index (χ3n) is 12.6. The number of methoxy groups -OCH3 is 1. The van der Waals surface area contributed by atoms with Gasteiger partial charge in [-0.2, -0.15) is 0 Å². The third-order valence-corrected chi connectivity index (χ3v) is 12.6. The zero-order valence-electron chi connectivity index (χ0n) is 30.4. The maximum absolute atomic E-state index is 11.8. The first-order valence-corrected chi connectivity index (χ1v) is 18.1. The van der Waals surface area contributed by atoms with Gasteiger partial charge in [0.25, 0.3) is 0 Å². The summed E-state index contributed by atoms with van der Waals surface area (Å²) >= 11 is 0. The van der Waals surface area contributed by atoms with E-state index in [0.717, 1.165) is 0 Å². The number of carboxylic acids is 1. The molecule has 12 heteroatoms. The molecule has 280 valence electrons. The Hall–Kier alpha value is -0.930. The summed E-state index contributed by atoms with van der Waals surface area (Å²) in [7, 11) is 1.50. The van der Waals surface area contributed by atoms with Crippen LogP contribution in [0.4, 0.5) is 0 Å². The molecule has 12 nitrogen and oxygen atoms in total. The molecule has 6 N–H and O–H groups in total. The third kappa shape index (κ3) is 7.64. The Balaban J connectivity index is 1.47. The molecule has 0 saturated carbocycles. The summed E-state index contributed by atoms with van der Waals surface area (Å²) in [6, 6.07) is 0. The number of aliphatic hydroxyl groups is 5. The lowest BCUT2D eigenvalue weighted by Gasteiger charge is -2.49. The van der Waals surface area contributed by atoms with Crippen LogP contribution in [0.5, 0.6) is 0 Å². The van der Waals surface area contributed by atoms with E-state index in [1.165, 1.54) is 7.11 Å². The van der Waals surface area contributed by atoms with Crippen molar-refractivity contribution in [3.63, 3.8) is 0 Å². The first-order chi connectivity index (χ1) is 22.3. The Morgan fingerprint density at radius 2 is 1.67 bits per heavy atom. The van der Waals surface area contributed by atoms with Crippen LogP contribution >= 0.6 is 0 Å². The van der Waals surface area contributed by atoms with Crippen molar-refractivity contribution in [2.75, 3.05) is 13.7 Å². The molecule has 0 amide bonds. The van der Waals surface area contributed by atoms with E-state index in [1.807, 2.05) is 34.6 Å². The second kappa shape index (κ2) is 15.4. The van der Waals surface area contributed by atoms with Crippen LogP contribution in [0.2, 0.25) is 0 Å². The molecule has 1 spiro atoms. The standard InChI is InChI=1S/C36H64O12/c1-18(26(40)17-37)14-19(2)29(41)27-15-20(3)32(45-27)36(24(7)38)11-10-28(46-36)34(8)12-13-35(48-34)16-25(39)21(4)31(47-35)22(5)30(44-9)23(6)33(42)43/h18-32,37-41H,10-17H2,1-9H3,(H,42,43). The van der Waals surface area contributed by atoms with E-state index in [9.17, 15) is 35.4 Å². The van der Waals surface area contributed by atoms with Gasteiger partial charge in [0, 0.05) is 31.8 Å². The lowest BCUT2D eigenvalue weighted by atomic mass is 9.78. The van der Waals surface area contributed by atoms with Gasteiger partial charge < -0.3 is 54.3 Å². The Morgan fingerprint density at radius 1 is 1.00 bits per heavy atom. The maximum atomic E-state index is 11.8. The van der Waals surface area contributed by atoms with Crippen LogP contribution in [-0.2, 0) is 28.5 Å². The predicted molar refractivity (Wildman–Crippen MR) is 176 cm³/mol. The monoisotopic (exact) mass is 688 g/mol. The van der Waals surface area contributed by atoms with Crippen LogP contribution in [0.3, 0.4) is 0 Å². The quantitative estimate of drug-likeness (QED) is 0.157. The number of aliphatic carboxylic acids is 1. The number of carbonyl (C=O) groups is 1. The van der Waals surface area contributed by atoms with Crippen molar-refractivity contribution in [3.05, 3.63) is 0 Å². The van der Waals surface area contributed by atoms with E-state index >= 15 is 0 Å². The first kappa shape index (κ1) is 39.8. The highest BCUT2D eigenvalue weighted by molar-refractivity contribution is 5.70. The summed E-state index contributed by atoms with van der Waals surface area (Å²) in [5.41, 5.74) is -1.79. The highest BCUT2D eigenvalue weighted by Gasteiger charge is 2.63. The van der Waals surface area contributed by atoms with Gasteiger partial charge in [0.2, 0.25) is 0 Å². The molecule has 48 heavy (non-hydrogen) atoms. The van der Waals surface area contributed by atoms with E-state index < -0.39 is 77.7 Å². The van der Waals surface area contributed by atoms with Gasteiger partial charge >= 0.3 is 5.97 Å². The number of hydrogen-bond acceptors (Lipinski definition) is 11. The Labute approximate surface area is 286 Å². The highest BCUT2D eigenvalue weighted by Crippen LogP contribution is 2.54. The SMILES string of the molecule is COC(C(C)C(=O)O)C(C)C1OC2(CCC(C)(C3CCC(C(C)O)(C4OC(C(O)C(C)CC(C)C(O)CO)CC4C)O3)O2)CC(O)C1C. The fraction of sp³-hybridized carbons (Fsp3) is 0.972. The summed E-state index contributed by atoms with van der Waals surface area (Å²) in [4.78, 5) is 11.8. The minimum absolute atomic E-state index is 0.00298. The number of aliphatic hydroxyl groups excluding tert-OH is 5. The number of carboxylic acid groups (broad SMARTS) is 1. The van der Waals surface area contributed by atoms with Crippen LogP contribution in [0.25, 0.3) is 0 Å². The molecule has 0 aromatic rings. The number of ether oxygens (including phenoxy) is 5. The average molecular weight is 689 g/mol. The molecular formula is C36H64O12. The van der Waals surface area contributed by atoms with Gasteiger partial charge in [-0.15, -0.1) is 0 Å². The van der Waals surface area contributed by atoms with Crippen LogP contribution in [-0.4, -0.2) is 122 Å². The van der Waals surface area contributed by atoms with Crippen molar-refractivity contribution in [3.8, 4) is 0 Å². The summed E-state index contributed by atoms with van der Waals surface area (Å²) in [6.45, 7) is 14.7. The van der Waals surface area contributed by atoms with Gasteiger partial charge in [0.1, 0.15) is 5.60 Å². The van der Waals surface area contributed by atoms with E-state index in [4.69, 9.17) is 23.7 Å². The smallest absolute Gasteiger partial charge is 0.308 e. The molecular weight excluding hydrogens is 624 g/mol. The molecule has 4 saturated heterocycles. The van der Waals surface area contributed by atoms with Crippen molar-refractivity contribution in [1.82, 2.24) is 0 Å². The first-order valence-electron chi connectivity index (χ1n) is 18.1. The lowest BCUT2D eigenvalue weighted by Crippen LogP contribution is -2.57. The molecule has 0 radical (unpaired) electrons. The maximum Gasteiger partial charge on any atom is 0.308 e. The second-order valence-electron chi connectivity index (χ2n) is 16.2. The molecule has 0 bridgehead atoms. The molecule has 0 aromatic carbocycles. The average Bonchev–Trinajstić information content (AvgIpc) is 3.75. The number of rotatable bonds is 14. The predicted octanol–water partition coefficient (Wildman–Crippen LogP) is 2.88. The van der Waals surface area contributed by atoms with Crippen molar-refractivity contribution in [2.24, 2.45) is 35.5 Å². The minimum Gasteiger partial charge on any atom is -0.481 e. The van der Waals surface area contributed by atoms with Crippen LogP contribution in [0, 0.1) is 35.5 Å². The van der Waals surface area contributed by atoms with E-state index in [2.05, 4.69) is 6.92 Å². The molecule has 4 aliphatic rings. The molecule has 4 aliphatic heterocycles.